The van der Waals surface area contributed by atoms with Crippen LogP contribution in [0.2, 0.25) is 0 Å². The molecule has 136 valence electrons. The average molecular weight is 393 g/mol. The van der Waals surface area contributed by atoms with Crippen molar-refractivity contribution in [2.75, 3.05) is 18.1 Å². The molecule has 3 rings (SSSR count). The molecule has 0 fully saturated rings. The van der Waals surface area contributed by atoms with Gasteiger partial charge in [0, 0.05) is 24.3 Å². The highest BCUT2D eigenvalue weighted by Gasteiger charge is 2.23. The van der Waals surface area contributed by atoms with Crippen molar-refractivity contribution in [3.8, 4) is 5.69 Å². The molecule has 10 heteroatoms. The van der Waals surface area contributed by atoms with Crippen LogP contribution in [0.1, 0.15) is 12.6 Å². The molecular weight excluding hydrogens is 378 g/mol. The van der Waals surface area contributed by atoms with Crippen molar-refractivity contribution in [3.63, 3.8) is 0 Å². The van der Waals surface area contributed by atoms with E-state index in [2.05, 4.69) is 4.98 Å². The summed E-state index contributed by atoms with van der Waals surface area (Å²) in [4.78, 5) is 40.0. The topological polar surface area (TPSA) is 104 Å². The number of nitrogens with zero attached hydrogens (tertiary/aromatic N) is 3. The number of rotatable bonds is 6. The lowest BCUT2D eigenvalue weighted by Gasteiger charge is -2.13. The van der Waals surface area contributed by atoms with Gasteiger partial charge in [-0.05, 0) is 19.1 Å². The highest BCUT2D eigenvalue weighted by molar-refractivity contribution is 8.00. The monoisotopic (exact) mass is 393 g/mol. The number of carbonyl (C=O) groups is 1. The van der Waals surface area contributed by atoms with Crippen molar-refractivity contribution in [3.05, 3.63) is 50.4 Å². The molecule has 26 heavy (non-hydrogen) atoms. The summed E-state index contributed by atoms with van der Waals surface area (Å²) in [5.41, 5.74) is 0.906. The van der Waals surface area contributed by atoms with Crippen LogP contribution in [0.3, 0.4) is 0 Å². The fourth-order valence-electron chi connectivity index (χ4n) is 2.47. The molecule has 1 aliphatic rings. The Morgan fingerprint density at radius 3 is 2.81 bits per heavy atom. The quantitative estimate of drug-likeness (QED) is 0.242. The fourth-order valence-corrected chi connectivity index (χ4v) is 4.32. The second-order valence-corrected chi connectivity index (χ2v) is 7.32. The van der Waals surface area contributed by atoms with Gasteiger partial charge >= 0.3 is 5.97 Å². The number of carbonyl (C=O) groups excluding carboxylic acids is 1. The maximum atomic E-state index is 12.9. The predicted molar refractivity (Wildman–Crippen MR) is 98.3 cm³/mol. The Balaban J connectivity index is 2.02. The maximum Gasteiger partial charge on any atom is 0.316 e. The van der Waals surface area contributed by atoms with E-state index in [1.807, 2.05) is 0 Å². The second kappa shape index (κ2) is 7.92. The van der Waals surface area contributed by atoms with Crippen molar-refractivity contribution in [1.29, 1.82) is 0 Å². The lowest BCUT2D eigenvalue weighted by Crippen LogP contribution is -2.24. The van der Waals surface area contributed by atoms with Gasteiger partial charge in [-0.3, -0.25) is 24.3 Å². The Labute approximate surface area is 157 Å². The Bertz CT molecular complexity index is 911. The van der Waals surface area contributed by atoms with Crippen molar-refractivity contribution in [2.24, 2.45) is 0 Å². The summed E-state index contributed by atoms with van der Waals surface area (Å²) in [6.45, 7) is 2.00. The number of esters is 1. The first-order valence-electron chi connectivity index (χ1n) is 7.83. The Kier molecular flexibility index (Phi) is 5.62. The van der Waals surface area contributed by atoms with E-state index in [0.717, 1.165) is 23.2 Å². The number of fused-ring (bicyclic) bond motifs is 1. The van der Waals surface area contributed by atoms with Gasteiger partial charge in [-0.2, -0.15) is 0 Å². The van der Waals surface area contributed by atoms with E-state index in [4.69, 9.17) is 4.74 Å². The Hall–Kier alpha value is -2.33. The Morgan fingerprint density at radius 1 is 1.42 bits per heavy atom. The summed E-state index contributed by atoms with van der Waals surface area (Å²) < 4.78 is 6.31. The van der Waals surface area contributed by atoms with Crippen LogP contribution < -0.4 is 5.56 Å². The summed E-state index contributed by atoms with van der Waals surface area (Å²) >= 11 is 2.56. The van der Waals surface area contributed by atoms with E-state index in [9.17, 15) is 19.7 Å². The van der Waals surface area contributed by atoms with Crippen LogP contribution in [0.5, 0.6) is 0 Å². The van der Waals surface area contributed by atoms with Gasteiger partial charge in [0.15, 0.2) is 5.16 Å². The first-order valence-corrected chi connectivity index (χ1v) is 9.80. The molecule has 1 aromatic heterocycles. The molecule has 0 amide bonds. The van der Waals surface area contributed by atoms with Crippen LogP contribution in [-0.4, -0.2) is 38.6 Å². The number of hydrogen-bond donors (Lipinski definition) is 0. The highest BCUT2D eigenvalue weighted by atomic mass is 32.2. The first kappa shape index (κ1) is 18.5. The third-order valence-electron chi connectivity index (χ3n) is 3.61. The Morgan fingerprint density at radius 2 is 2.15 bits per heavy atom. The molecule has 0 saturated carbocycles. The fraction of sp³-hybridized carbons (Fsp3) is 0.312. The number of aryl methyl sites for hydroxylation is 1. The minimum Gasteiger partial charge on any atom is -0.465 e. The van der Waals surface area contributed by atoms with Gasteiger partial charge in [0.05, 0.1) is 33.6 Å². The van der Waals surface area contributed by atoms with Crippen LogP contribution in [-0.2, 0) is 16.0 Å². The van der Waals surface area contributed by atoms with Gasteiger partial charge in [-0.25, -0.2) is 4.98 Å². The van der Waals surface area contributed by atoms with Crippen molar-refractivity contribution in [2.45, 2.75) is 23.4 Å². The zero-order valence-electron chi connectivity index (χ0n) is 13.8. The van der Waals surface area contributed by atoms with Crippen molar-refractivity contribution >= 4 is 35.2 Å². The molecule has 0 bridgehead atoms. The summed E-state index contributed by atoms with van der Waals surface area (Å²) in [6.07, 6.45) is 0.698. The summed E-state index contributed by atoms with van der Waals surface area (Å²) in [6, 6.07) is 5.67. The standard InChI is InChI=1S/C16H15N3O5S2/c1-2-24-13(20)9-26-16-17-12-7-8-25-14(12)15(21)18(16)10-3-5-11(6-4-10)19(22)23/h3-6H,2,7-9H2,1H3. The molecule has 1 aliphatic heterocycles. The number of hydrogen-bond acceptors (Lipinski definition) is 8. The van der Waals surface area contributed by atoms with E-state index in [-0.39, 0.29) is 23.6 Å². The van der Waals surface area contributed by atoms with Gasteiger partial charge in [0.2, 0.25) is 0 Å². The largest absolute Gasteiger partial charge is 0.465 e. The first-order chi connectivity index (χ1) is 12.5. The van der Waals surface area contributed by atoms with Crippen LogP contribution in [0, 0.1) is 10.1 Å². The summed E-state index contributed by atoms with van der Waals surface area (Å²) in [5.74, 6) is 0.417. The minimum atomic E-state index is -0.500. The number of non-ortho nitro benzene ring substituents is 1. The normalized spacial score (nSPS) is 12.7. The van der Waals surface area contributed by atoms with Crippen molar-refractivity contribution < 1.29 is 14.5 Å². The average Bonchev–Trinajstić information content (AvgIpc) is 3.09. The molecular formula is C16H15N3O5S2. The van der Waals surface area contributed by atoms with Crippen LogP contribution in [0.15, 0.2) is 39.1 Å². The van der Waals surface area contributed by atoms with Gasteiger partial charge in [-0.15, -0.1) is 11.8 Å². The van der Waals surface area contributed by atoms with Crippen LogP contribution in [0.25, 0.3) is 5.69 Å². The molecule has 0 radical (unpaired) electrons. The number of nitro groups is 1. The third-order valence-corrected chi connectivity index (χ3v) is 5.63. The SMILES string of the molecule is CCOC(=O)CSc1nc2c(c(=O)n1-c1ccc([N+](=O)[O-])cc1)SCC2. The molecule has 0 aliphatic carbocycles. The van der Waals surface area contributed by atoms with Gasteiger partial charge < -0.3 is 4.74 Å². The zero-order valence-corrected chi connectivity index (χ0v) is 15.5. The van der Waals surface area contributed by atoms with Crippen LogP contribution in [0.4, 0.5) is 5.69 Å². The van der Waals surface area contributed by atoms with E-state index >= 15 is 0 Å². The lowest BCUT2D eigenvalue weighted by atomic mass is 10.2. The van der Waals surface area contributed by atoms with E-state index in [1.165, 1.54) is 40.6 Å². The second-order valence-electron chi connectivity index (χ2n) is 5.28. The highest BCUT2D eigenvalue weighted by Crippen LogP contribution is 2.30. The summed E-state index contributed by atoms with van der Waals surface area (Å²) in [7, 11) is 0. The molecule has 2 heterocycles. The smallest absolute Gasteiger partial charge is 0.316 e. The number of thioether (sulfide) groups is 2. The molecule has 0 spiro atoms. The predicted octanol–water partition coefficient (Wildman–Crippen LogP) is 2.44. The van der Waals surface area contributed by atoms with E-state index < -0.39 is 10.9 Å². The third kappa shape index (κ3) is 3.75. The maximum absolute atomic E-state index is 12.9. The number of ether oxygens (including phenoxy) is 1. The summed E-state index contributed by atoms with van der Waals surface area (Å²) in [5, 5.41) is 11.2. The van der Waals surface area contributed by atoms with Gasteiger partial charge in [-0.1, -0.05) is 11.8 Å². The molecule has 1 aromatic carbocycles. The lowest BCUT2D eigenvalue weighted by molar-refractivity contribution is -0.384. The van der Waals surface area contributed by atoms with E-state index in [1.54, 1.807) is 6.92 Å². The number of aromatic nitrogens is 2. The van der Waals surface area contributed by atoms with Crippen LogP contribution >= 0.6 is 23.5 Å². The van der Waals surface area contributed by atoms with Gasteiger partial charge in [0.1, 0.15) is 0 Å². The molecule has 0 saturated heterocycles. The molecule has 8 nitrogen and oxygen atoms in total. The number of nitro benzene ring substituents is 1. The minimum absolute atomic E-state index is 0.0270. The molecule has 0 unspecified atom stereocenters. The van der Waals surface area contributed by atoms with E-state index in [0.29, 0.717) is 22.2 Å². The molecule has 2 aromatic rings. The zero-order chi connectivity index (χ0) is 18.7. The van der Waals surface area contributed by atoms with Crippen molar-refractivity contribution in [1.82, 2.24) is 9.55 Å². The number of benzene rings is 1. The molecule has 0 atom stereocenters. The van der Waals surface area contributed by atoms with Gasteiger partial charge in [0.25, 0.3) is 11.2 Å². The molecule has 0 N–H and O–H groups in total.